The maximum absolute atomic E-state index is 5.62. The number of halogens is 2. The molecule has 0 fully saturated rings. The minimum absolute atomic E-state index is 0.224. The summed E-state index contributed by atoms with van der Waals surface area (Å²) < 4.78 is 0. The molecule has 0 nitrogen and oxygen atoms in total. The van der Waals surface area contributed by atoms with Crippen LogP contribution in [0.25, 0.3) is 32.3 Å². The first-order chi connectivity index (χ1) is 14.0. The monoisotopic (exact) mass is 512 g/mol. The van der Waals surface area contributed by atoms with E-state index in [0.29, 0.717) is 0 Å². The number of benzene rings is 3. The van der Waals surface area contributed by atoms with Crippen molar-refractivity contribution >= 4 is 54.8 Å². The fraction of sp³-hybridized carbons (Fsp3) is 0.120. The van der Waals surface area contributed by atoms with Crippen LogP contribution in [0.4, 0.5) is 0 Å². The molecule has 5 rings (SSSR count). The number of hydrogen-bond donors (Lipinski definition) is 0. The zero-order valence-electron chi connectivity index (χ0n) is 16.9. The molecule has 0 atom stereocenters. The van der Waals surface area contributed by atoms with E-state index in [2.05, 4.69) is 111 Å². The minimum Gasteiger partial charge on any atom is -0.165 e. The zero-order chi connectivity index (χ0) is 20.8. The fourth-order valence-corrected chi connectivity index (χ4v) is 3.21. The number of fused-ring (bicyclic) bond motifs is 4. The van der Waals surface area contributed by atoms with E-state index in [1.165, 1.54) is 37.9 Å². The van der Waals surface area contributed by atoms with E-state index in [1.807, 2.05) is 0 Å². The third kappa shape index (κ3) is 6.15. The molecular weight excluding hydrogens is 490 g/mol. The van der Waals surface area contributed by atoms with Crippen molar-refractivity contribution in [3.8, 4) is 0 Å². The molecule has 5 aromatic carbocycles. The normalized spacial score (nSPS) is 10.2. The second-order valence-electron chi connectivity index (χ2n) is 7.24. The average Bonchev–Trinajstić information content (AvgIpc) is 3.28. The molecule has 29 heavy (non-hydrogen) atoms. The Morgan fingerprint density at radius 2 is 1.14 bits per heavy atom. The summed E-state index contributed by atoms with van der Waals surface area (Å²) in [6.07, 6.45) is 0. The summed E-state index contributed by atoms with van der Waals surface area (Å²) in [4.78, 5) is 0. The van der Waals surface area contributed by atoms with Gasteiger partial charge in [0.05, 0.1) is 0 Å². The van der Waals surface area contributed by atoms with E-state index < -0.39 is 18.0 Å². The molecule has 0 aliphatic carbocycles. The van der Waals surface area contributed by atoms with E-state index >= 15 is 0 Å². The van der Waals surface area contributed by atoms with E-state index in [4.69, 9.17) is 17.0 Å². The van der Waals surface area contributed by atoms with Gasteiger partial charge in [-0.05, 0) is 0 Å². The van der Waals surface area contributed by atoms with Crippen molar-refractivity contribution in [2.24, 2.45) is 0 Å². The zero-order valence-corrected chi connectivity index (χ0v) is 21.9. The van der Waals surface area contributed by atoms with Gasteiger partial charge in [-0.15, -0.1) is 80.3 Å². The first kappa shape index (κ1) is 22.5. The van der Waals surface area contributed by atoms with Crippen molar-refractivity contribution in [1.82, 2.24) is 0 Å². The predicted molar refractivity (Wildman–Crippen MR) is 131 cm³/mol. The summed E-state index contributed by atoms with van der Waals surface area (Å²) in [6.45, 7) is 6.46. The van der Waals surface area contributed by atoms with Gasteiger partial charge in [0, 0.05) is 0 Å². The van der Waals surface area contributed by atoms with Gasteiger partial charge in [-0.2, -0.15) is 6.07 Å². The second kappa shape index (κ2) is 10.7. The molecule has 0 amide bonds. The molecule has 0 aliphatic rings. The summed E-state index contributed by atoms with van der Waals surface area (Å²) in [5, 5.41) is 8.09. The van der Waals surface area contributed by atoms with Gasteiger partial charge in [0.1, 0.15) is 0 Å². The van der Waals surface area contributed by atoms with Gasteiger partial charge in [0.25, 0.3) is 0 Å². The van der Waals surface area contributed by atoms with Crippen molar-refractivity contribution in [1.29, 1.82) is 0 Å². The number of aryl methyl sites for hydroxylation is 1. The molecule has 0 saturated heterocycles. The van der Waals surface area contributed by atoms with E-state index in [9.17, 15) is 0 Å². The first-order valence-corrected chi connectivity index (χ1v) is 22.1. The van der Waals surface area contributed by atoms with Crippen LogP contribution in [0, 0.1) is 6.92 Å². The van der Waals surface area contributed by atoms with Crippen molar-refractivity contribution < 1.29 is 18.0 Å². The maximum atomic E-state index is 5.62. The Balaban J connectivity index is 0.000000134. The van der Waals surface area contributed by atoms with Crippen molar-refractivity contribution in [3.63, 3.8) is 0 Å². The fourth-order valence-electron chi connectivity index (χ4n) is 3.21. The topological polar surface area (TPSA) is 0 Å². The summed E-state index contributed by atoms with van der Waals surface area (Å²) in [7, 11) is 11.2. The van der Waals surface area contributed by atoms with E-state index in [-0.39, 0.29) is 5.43 Å². The van der Waals surface area contributed by atoms with Gasteiger partial charge in [0.15, 0.2) is 0 Å². The van der Waals surface area contributed by atoms with Crippen LogP contribution in [0.3, 0.4) is 0 Å². The molecule has 0 aliphatic heterocycles. The average molecular weight is 515 g/mol. The number of hydrogen-bond acceptors (Lipinski definition) is 0. The summed E-state index contributed by atoms with van der Waals surface area (Å²) in [5.41, 5.74) is 1.12. The Morgan fingerprint density at radius 1 is 0.690 bits per heavy atom. The van der Waals surface area contributed by atoms with Crippen LogP contribution >= 0.6 is 17.0 Å². The summed E-state index contributed by atoms with van der Waals surface area (Å²) >= 11 is -1.65. The Morgan fingerprint density at radius 3 is 1.62 bits per heavy atom. The molecule has 148 valence electrons. The van der Waals surface area contributed by atoms with Crippen LogP contribution in [0.1, 0.15) is 5.56 Å². The smallest absolute Gasteiger partial charge is 0.0579 e. The van der Waals surface area contributed by atoms with E-state index in [1.54, 1.807) is 0 Å². The largest absolute Gasteiger partial charge is 0.165 e. The number of rotatable bonds is 0. The first-order valence-electron chi connectivity index (χ1n) is 9.59. The molecule has 0 aromatic heterocycles. The third-order valence-electron chi connectivity index (χ3n) is 4.66. The standard InChI is InChI=1S/C13H9.C10H9.C2H6Si.2ClH.Zr/c1-3-7-12-10(5-1)9-11-6-2-4-8-13(11)12;1-8-6-9-4-2-3-5-10(9)7-8;1-3-2;;;/h1-9H;2-7H,1H3;1-2H3;2*1H;/q2*-1;;;;+2/p-2. The van der Waals surface area contributed by atoms with Crippen molar-refractivity contribution in [3.05, 3.63) is 96.6 Å². The quantitative estimate of drug-likeness (QED) is 0.143. The Kier molecular flexibility index (Phi) is 8.33. The van der Waals surface area contributed by atoms with Gasteiger partial charge in [-0.25, -0.2) is 0 Å². The second-order valence-corrected chi connectivity index (χ2v) is 30.2. The van der Waals surface area contributed by atoms with Gasteiger partial charge in [-0.3, -0.25) is 0 Å². The van der Waals surface area contributed by atoms with Crippen molar-refractivity contribution in [2.45, 2.75) is 20.0 Å². The molecule has 5 aromatic rings. The molecule has 4 heteroatoms. The Hall–Kier alpha value is -1.18. The van der Waals surface area contributed by atoms with Crippen LogP contribution in [0.15, 0.2) is 91.0 Å². The molecule has 0 heterocycles. The van der Waals surface area contributed by atoms with Gasteiger partial charge in [-0.1, -0.05) is 49.4 Å². The van der Waals surface area contributed by atoms with E-state index in [0.717, 1.165) is 0 Å². The van der Waals surface area contributed by atoms with Gasteiger partial charge < -0.3 is 0 Å². The summed E-state index contributed by atoms with van der Waals surface area (Å²) in [5.74, 6) is 0. The third-order valence-corrected chi connectivity index (χ3v) is 24.4. The van der Waals surface area contributed by atoms with Crippen LogP contribution in [0.5, 0.6) is 0 Å². The van der Waals surface area contributed by atoms with Crippen LogP contribution < -0.4 is 0 Å². The molecular formula is C25H24Cl2SiZr-2. The van der Waals surface area contributed by atoms with Crippen molar-refractivity contribution in [2.75, 3.05) is 0 Å². The summed E-state index contributed by atoms with van der Waals surface area (Å²) in [6, 6.07) is 32.1. The van der Waals surface area contributed by atoms with Gasteiger partial charge in [0.2, 0.25) is 0 Å². The molecule has 0 unspecified atom stereocenters. The van der Waals surface area contributed by atoms with Crippen LogP contribution in [-0.4, -0.2) is 5.43 Å². The minimum atomic E-state index is -1.65. The predicted octanol–water partition coefficient (Wildman–Crippen LogP) is 8.74. The SMILES string of the molecule is C[Si](C)=[Zr]([Cl])[Cl].Cc1cc2ccccc2[cH-]1.c1ccc2c(c1)[cH-]c1ccccc12. The molecule has 0 radical (unpaired) electrons. The Labute approximate surface area is 188 Å². The maximum Gasteiger partial charge on any atom is -0.0579 e. The molecule has 0 N–H and O–H groups in total. The Bertz CT molecular complexity index is 1160. The molecule has 0 spiro atoms. The van der Waals surface area contributed by atoms with Gasteiger partial charge >= 0.3 is 53.5 Å². The van der Waals surface area contributed by atoms with Crippen LogP contribution in [-0.2, 0) is 18.0 Å². The molecule has 0 bridgehead atoms. The molecule has 0 saturated carbocycles. The van der Waals surface area contributed by atoms with Crippen LogP contribution in [0.2, 0.25) is 13.1 Å².